The standard InChI is InChI=1S/C13H19N3O3/c1-9(17)12-4-3-11(7-14-12)16-6-5-10(8-16)15-13(18)19-2/h3-4,7,9-10,17H,5-6,8H2,1-2H3,(H,15,18). The molecule has 0 aliphatic carbocycles. The molecule has 1 aliphatic rings. The fourth-order valence-electron chi connectivity index (χ4n) is 2.17. The first-order chi connectivity index (χ1) is 9.10. The third-order valence-corrected chi connectivity index (χ3v) is 3.26. The number of carbonyl (C=O) groups excluding carboxylic acids is 1. The van der Waals surface area contributed by atoms with Gasteiger partial charge in [0.25, 0.3) is 0 Å². The number of hydrogen-bond donors (Lipinski definition) is 2. The molecule has 1 amide bonds. The van der Waals surface area contributed by atoms with Gasteiger partial charge in [0.05, 0.1) is 36.8 Å². The van der Waals surface area contributed by atoms with Crippen LogP contribution in [0.1, 0.15) is 25.1 Å². The molecule has 0 spiro atoms. The van der Waals surface area contributed by atoms with Crippen LogP contribution >= 0.6 is 0 Å². The molecule has 1 aliphatic heterocycles. The molecule has 0 aromatic carbocycles. The van der Waals surface area contributed by atoms with Crippen LogP contribution in [0.15, 0.2) is 18.3 Å². The van der Waals surface area contributed by atoms with Crippen molar-refractivity contribution < 1.29 is 14.6 Å². The number of alkyl carbamates (subject to hydrolysis) is 1. The summed E-state index contributed by atoms with van der Waals surface area (Å²) < 4.78 is 4.59. The number of methoxy groups -OCH3 is 1. The first kappa shape index (κ1) is 13.6. The highest BCUT2D eigenvalue weighted by Gasteiger charge is 2.24. The van der Waals surface area contributed by atoms with E-state index in [1.807, 2.05) is 12.1 Å². The summed E-state index contributed by atoms with van der Waals surface area (Å²) in [7, 11) is 1.36. The van der Waals surface area contributed by atoms with Crippen molar-refractivity contribution in [2.45, 2.75) is 25.5 Å². The van der Waals surface area contributed by atoms with Crippen molar-refractivity contribution in [3.05, 3.63) is 24.0 Å². The molecule has 2 rings (SSSR count). The SMILES string of the molecule is COC(=O)NC1CCN(c2ccc(C(C)O)nc2)C1. The summed E-state index contributed by atoms with van der Waals surface area (Å²) in [6.07, 6.45) is 1.69. The van der Waals surface area contributed by atoms with E-state index < -0.39 is 12.2 Å². The monoisotopic (exact) mass is 265 g/mol. The second-order valence-electron chi connectivity index (χ2n) is 4.68. The van der Waals surface area contributed by atoms with Crippen LogP contribution in [0.4, 0.5) is 10.5 Å². The lowest BCUT2D eigenvalue weighted by Gasteiger charge is -2.19. The van der Waals surface area contributed by atoms with Crippen molar-refractivity contribution in [1.82, 2.24) is 10.3 Å². The molecule has 2 atom stereocenters. The predicted octanol–water partition coefficient (Wildman–Crippen LogP) is 1.07. The zero-order chi connectivity index (χ0) is 13.8. The van der Waals surface area contributed by atoms with Crippen molar-refractivity contribution in [2.24, 2.45) is 0 Å². The highest BCUT2D eigenvalue weighted by atomic mass is 16.5. The van der Waals surface area contributed by atoms with E-state index in [-0.39, 0.29) is 6.04 Å². The van der Waals surface area contributed by atoms with Gasteiger partial charge in [0, 0.05) is 13.1 Å². The molecule has 0 bridgehead atoms. The van der Waals surface area contributed by atoms with Gasteiger partial charge in [-0.15, -0.1) is 0 Å². The number of hydrogen-bond acceptors (Lipinski definition) is 5. The number of amides is 1. The molecule has 2 heterocycles. The third-order valence-electron chi connectivity index (χ3n) is 3.26. The average Bonchev–Trinajstić information content (AvgIpc) is 2.87. The Kier molecular flexibility index (Phi) is 4.21. The number of aromatic nitrogens is 1. The molecule has 1 fully saturated rings. The fourth-order valence-corrected chi connectivity index (χ4v) is 2.17. The molecule has 0 saturated carbocycles. The van der Waals surface area contributed by atoms with Crippen LogP contribution in [0.2, 0.25) is 0 Å². The van der Waals surface area contributed by atoms with Crippen LogP contribution in [0.3, 0.4) is 0 Å². The van der Waals surface area contributed by atoms with Gasteiger partial charge >= 0.3 is 6.09 Å². The summed E-state index contributed by atoms with van der Waals surface area (Å²) in [4.78, 5) is 17.5. The van der Waals surface area contributed by atoms with E-state index in [4.69, 9.17) is 0 Å². The van der Waals surface area contributed by atoms with E-state index >= 15 is 0 Å². The van der Waals surface area contributed by atoms with Gasteiger partial charge in [-0.3, -0.25) is 4.98 Å². The quantitative estimate of drug-likeness (QED) is 0.855. The Bertz CT molecular complexity index is 433. The van der Waals surface area contributed by atoms with E-state index in [1.54, 1.807) is 13.1 Å². The average molecular weight is 265 g/mol. The Morgan fingerprint density at radius 3 is 3.00 bits per heavy atom. The second kappa shape index (κ2) is 5.88. The molecule has 2 N–H and O–H groups in total. The summed E-state index contributed by atoms with van der Waals surface area (Å²) in [5.41, 5.74) is 1.66. The number of carbonyl (C=O) groups is 1. The van der Waals surface area contributed by atoms with Gasteiger partial charge in [-0.25, -0.2) is 4.79 Å². The number of pyridine rings is 1. The largest absolute Gasteiger partial charge is 0.453 e. The lowest BCUT2D eigenvalue weighted by atomic mass is 10.2. The van der Waals surface area contributed by atoms with Crippen molar-refractivity contribution in [2.75, 3.05) is 25.1 Å². The molecule has 6 nitrogen and oxygen atoms in total. The topological polar surface area (TPSA) is 74.7 Å². The Hall–Kier alpha value is -1.82. The van der Waals surface area contributed by atoms with Gasteiger partial charge in [-0.1, -0.05) is 0 Å². The van der Waals surface area contributed by atoms with Crippen LogP contribution in [-0.4, -0.2) is 42.4 Å². The van der Waals surface area contributed by atoms with E-state index in [9.17, 15) is 9.90 Å². The summed E-state index contributed by atoms with van der Waals surface area (Å²) >= 11 is 0. The maximum absolute atomic E-state index is 11.1. The number of nitrogens with zero attached hydrogens (tertiary/aromatic N) is 2. The van der Waals surface area contributed by atoms with Crippen molar-refractivity contribution in [1.29, 1.82) is 0 Å². The predicted molar refractivity (Wildman–Crippen MR) is 71.0 cm³/mol. The number of aliphatic hydroxyl groups is 1. The minimum absolute atomic E-state index is 0.101. The Morgan fingerprint density at radius 2 is 2.42 bits per heavy atom. The van der Waals surface area contributed by atoms with E-state index in [0.717, 1.165) is 25.2 Å². The Morgan fingerprint density at radius 1 is 1.63 bits per heavy atom. The Balaban J connectivity index is 1.95. The normalized spacial score (nSPS) is 20.2. The van der Waals surface area contributed by atoms with Crippen LogP contribution in [-0.2, 0) is 4.74 Å². The van der Waals surface area contributed by atoms with Crippen molar-refractivity contribution >= 4 is 11.8 Å². The molecule has 19 heavy (non-hydrogen) atoms. The zero-order valence-electron chi connectivity index (χ0n) is 11.2. The summed E-state index contributed by atoms with van der Waals surface area (Å²) in [6, 6.07) is 3.86. The summed E-state index contributed by atoms with van der Waals surface area (Å²) in [5.74, 6) is 0. The number of aliphatic hydroxyl groups excluding tert-OH is 1. The Labute approximate surface area is 112 Å². The van der Waals surface area contributed by atoms with Gasteiger partial charge in [0.2, 0.25) is 0 Å². The van der Waals surface area contributed by atoms with Gasteiger partial charge in [0.1, 0.15) is 0 Å². The van der Waals surface area contributed by atoms with Gasteiger partial charge < -0.3 is 20.1 Å². The molecule has 1 aromatic heterocycles. The molecule has 1 saturated heterocycles. The molecular weight excluding hydrogens is 246 g/mol. The maximum Gasteiger partial charge on any atom is 0.407 e. The second-order valence-corrected chi connectivity index (χ2v) is 4.68. The lowest BCUT2D eigenvalue weighted by molar-refractivity contribution is 0.167. The first-order valence-corrected chi connectivity index (χ1v) is 6.33. The minimum atomic E-state index is -0.554. The van der Waals surface area contributed by atoms with Crippen molar-refractivity contribution in [3.8, 4) is 0 Å². The molecule has 1 aromatic rings. The smallest absolute Gasteiger partial charge is 0.407 e. The highest BCUT2D eigenvalue weighted by Crippen LogP contribution is 2.21. The fraction of sp³-hybridized carbons (Fsp3) is 0.538. The third kappa shape index (κ3) is 3.35. The van der Waals surface area contributed by atoms with Gasteiger partial charge in [-0.2, -0.15) is 0 Å². The number of nitrogens with one attached hydrogen (secondary N) is 1. The molecule has 0 radical (unpaired) electrons. The molecular formula is C13H19N3O3. The minimum Gasteiger partial charge on any atom is -0.453 e. The highest BCUT2D eigenvalue weighted by molar-refractivity contribution is 5.67. The van der Waals surface area contributed by atoms with Crippen LogP contribution in [0.25, 0.3) is 0 Å². The molecule has 6 heteroatoms. The number of rotatable bonds is 3. The van der Waals surface area contributed by atoms with Gasteiger partial charge in [-0.05, 0) is 25.5 Å². The van der Waals surface area contributed by atoms with Gasteiger partial charge in [0.15, 0.2) is 0 Å². The van der Waals surface area contributed by atoms with Crippen LogP contribution < -0.4 is 10.2 Å². The number of ether oxygens (including phenoxy) is 1. The number of anilines is 1. The lowest BCUT2D eigenvalue weighted by Crippen LogP contribution is -2.36. The zero-order valence-corrected chi connectivity index (χ0v) is 11.2. The summed E-state index contributed by atoms with van der Waals surface area (Å²) in [6.45, 7) is 3.29. The molecule has 104 valence electrons. The van der Waals surface area contributed by atoms with Crippen molar-refractivity contribution in [3.63, 3.8) is 0 Å². The van der Waals surface area contributed by atoms with E-state index in [1.165, 1.54) is 7.11 Å². The van der Waals surface area contributed by atoms with E-state index in [2.05, 4.69) is 19.9 Å². The summed E-state index contributed by atoms with van der Waals surface area (Å²) in [5, 5.41) is 12.2. The molecule has 2 unspecified atom stereocenters. The van der Waals surface area contributed by atoms with Crippen LogP contribution in [0.5, 0.6) is 0 Å². The van der Waals surface area contributed by atoms with E-state index in [0.29, 0.717) is 5.69 Å². The first-order valence-electron chi connectivity index (χ1n) is 6.33. The van der Waals surface area contributed by atoms with Crippen LogP contribution in [0, 0.1) is 0 Å². The maximum atomic E-state index is 11.1.